The van der Waals surface area contributed by atoms with Crippen LogP contribution in [0.25, 0.3) is 33.4 Å². The molecule has 0 unspecified atom stereocenters. The van der Waals surface area contributed by atoms with Crippen molar-refractivity contribution in [3.63, 3.8) is 0 Å². The second-order valence-electron chi connectivity index (χ2n) is 8.01. The van der Waals surface area contributed by atoms with Crippen LogP contribution >= 0.6 is 11.8 Å². The van der Waals surface area contributed by atoms with Gasteiger partial charge in [-0.05, 0) is 49.3 Å². The molecule has 0 radical (unpaired) electrons. The maximum Gasteiger partial charge on any atom is 0.404 e. The number of nitrogens with one attached hydrogen (secondary N) is 1. The molecule has 0 fully saturated rings. The average Bonchev–Trinajstić information content (AvgIpc) is 2.86. The summed E-state index contributed by atoms with van der Waals surface area (Å²) in [5.74, 6) is 0. The van der Waals surface area contributed by atoms with Crippen LogP contribution in [-0.4, -0.2) is 48.5 Å². The van der Waals surface area contributed by atoms with Crippen LogP contribution in [0, 0.1) is 6.92 Å². The molecule has 0 atom stereocenters. The molecule has 1 amide bonds. The fraction of sp³-hybridized carbons (Fsp3) is 0.280. The van der Waals surface area contributed by atoms with Crippen molar-refractivity contribution in [3.8, 4) is 22.4 Å². The first-order valence-electron chi connectivity index (χ1n) is 11.2. The minimum atomic E-state index is -1.09. The molecule has 4 aromatic rings. The van der Waals surface area contributed by atoms with E-state index in [1.165, 1.54) is 11.8 Å². The first kappa shape index (κ1) is 24.3. The van der Waals surface area contributed by atoms with Crippen molar-refractivity contribution in [1.29, 1.82) is 0 Å². The molecule has 0 saturated carbocycles. The first-order valence-corrected chi connectivity index (χ1v) is 12.5. The summed E-state index contributed by atoms with van der Waals surface area (Å²) in [7, 11) is 0. The van der Waals surface area contributed by atoms with Crippen molar-refractivity contribution in [1.82, 2.24) is 29.8 Å². The quantitative estimate of drug-likeness (QED) is 0.214. The van der Waals surface area contributed by atoms with Crippen molar-refractivity contribution in [3.05, 3.63) is 64.5 Å². The molecule has 180 valence electrons. The van der Waals surface area contributed by atoms with Gasteiger partial charge in [0.2, 0.25) is 0 Å². The van der Waals surface area contributed by atoms with Gasteiger partial charge in [0.1, 0.15) is 5.65 Å². The number of amides is 1. The van der Waals surface area contributed by atoms with Gasteiger partial charge in [-0.2, -0.15) is 0 Å². The molecule has 3 aromatic heterocycles. The topological polar surface area (TPSA) is 123 Å². The van der Waals surface area contributed by atoms with Gasteiger partial charge in [-0.25, -0.2) is 19.7 Å². The Kier molecular flexibility index (Phi) is 7.40. The Balaban J connectivity index is 1.83. The molecule has 0 bridgehead atoms. The number of benzene rings is 1. The Morgan fingerprint density at radius 1 is 1.14 bits per heavy atom. The van der Waals surface area contributed by atoms with E-state index in [-0.39, 0.29) is 12.1 Å². The minimum absolute atomic E-state index is 0.170. The van der Waals surface area contributed by atoms with Gasteiger partial charge in [-0.3, -0.25) is 14.3 Å². The van der Waals surface area contributed by atoms with Crippen molar-refractivity contribution >= 4 is 28.9 Å². The van der Waals surface area contributed by atoms with Crippen LogP contribution in [0.5, 0.6) is 0 Å². The molecular weight excluding hydrogens is 464 g/mol. The van der Waals surface area contributed by atoms with E-state index < -0.39 is 6.09 Å². The van der Waals surface area contributed by atoms with Gasteiger partial charge in [0.05, 0.1) is 17.6 Å². The van der Waals surface area contributed by atoms with E-state index in [0.29, 0.717) is 29.3 Å². The maximum atomic E-state index is 13.7. The predicted molar refractivity (Wildman–Crippen MR) is 137 cm³/mol. The van der Waals surface area contributed by atoms with Crippen molar-refractivity contribution in [2.75, 3.05) is 12.8 Å². The number of aromatic nitrogens is 5. The lowest BCUT2D eigenvalue weighted by molar-refractivity contribution is 0.194. The standard InChI is InChI=1S/C25H26N6O3S/c1-4-16-10-17(21-14-26-12-15(2)29-21)6-7-19(16)20-11-18-13-28-24(35-3)30-22(18)31(23(20)32)9-5-8-27-25(33)34/h6-7,10-14,27H,4-5,8-9H2,1-3H3,(H,33,34). The lowest BCUT2D eigenvalue weighted by Gasteiger charge is -2.15. The van der Waals surface area contributed by atoms with Gasteiger partial charge in [0, 0.05) is 42.0 Å². The summed E-state index contributed by atoms with van der Waals surface area (Å²) in [6.07, 6.45) is 7.14. The SMILES string of the molecule is CCc1cc(-c2cncc(C)n2)ccc1-c1cc2cnc(SC)nc2n(CCCNC(=O)O)c1=O. The van der Waals surface area contributed by atoms with Gasteiger partial charge in [0.15, 0.2) is 5.16 Å². The predicted octanol–water partition coefficient (Wildman–Crippen LogP) is 4.17. The Morgan fingerprint density at radius 2 is 1.97 bits per heavy atom. The second-order valence-corrected chi connectivity index (χ2v) is 8.78. The molecule has 0 aliphatic rings. The molecule has 2 N–H and O–H groups in total. The van der Waals surface area contributed by atoms with Crippen LogP contribution in [0.15, 0.2) is 52.8 Å². The number of carboxylic acid groups (broad SMARTS) is 1. The number of pyridine rings is 1. The monoisotopic (exact) mass is 490 g/mol. The molecule has 4 rings (SSSR count). The molecule has 1 aromatic carbocycles. The molecule has 35 heavy (non-hydrogen) atoms. The zero-order valence-electron chi connectivity index (χ0n) is 19.8. The number of rotatable bonds is 8. The van der Waals surface area contributed by atoms with Crippen molar-refractivity contribution in [2.45, 2.75) is 38.4 Å². The molecule has 10 heteroatoms. The van der Waals surface area contributed by atoms with Gasteiger partial charge < -0.3 is 10.4 Å². The Hall–Kier alpha value is -3.79. The molecule has 0 saturated heterocycles. The normalized spacial score (nSPS) is 11.1. The fourth-order valence-corrected chi connectivity index (χ4v) is 4.32. The number of fused-ring (bicyclic) bond motifs is 1. The largest absolute Gasteiger partial charge is 0.465 e. The lowest BCUT2D eigenvalue weighted by Crippen LogP contribution is -2.27. The third-order valence-electron chi connectivity index (χ3n) is 5.65. The molecule has 0 aliphatic heterocycles. The van der Waals surface area contributed by atoms with Gasteiger partial charge >= 0.3 is 6.09 Å². The average molecular weight is 491 g/mol. The summed E-state index contributed by atoms with van der Waals surface area (Å²) >= 11 is 1.40. The minimum Gasteiger partial charge on any atom is -0.465 e. The number of thioether (sulfide) groups is 1. The summed E-state index contributed by atoms with van der Waals surface area (Å²) in [6.45, 7) is 4.52. The first-order chi connectivity index (χ1) is 16.9. The maximum absolute atomic E-state index is 13.7. The zero-order chi connectivity index (χ0) is 24.9. The Bertz CT molecular complexity index is 1450. The lowest BCUT2D eigenvalue weighted by atomic mass is 9.95. The summed E-state index contributed by atoms with van der Waals surface area (Å²) in [6, 6.07) is 7.80. The van der Waals surface area contributed by atoms with Crippen LogP contribution in [0.2, 0.25) is 0 Å². The number of aryl methyl sites for hydroxylation is 3. The highest BCUT2D eigenvalue weighted by molar-refractivity contribution is 7.98. The van der Waals surface area contributed by atoms with Gasteiger partial charge in [0.25, 0.3) is 5.56 Å². The highest BCUT2D eigenvalue weighted by Crippen LogP contribution is 2.29. The number of hydrogen-bond donors (Lipinski definition) is 2. The van der Waals surface area contributed by atoms with Crippen molar-refractivity contribution in [2.24, 2.45) is 0 Å². The van der Waals surface area contributed by atoms with Crippen LogP contribution < -0.4 is 10.9 Å². The molecule has 0 aliphatic carbocycles. The Labute approximate surface area is 206 Å². The number of nitrogens with zero attached hydrogens (tertiary/aromatic N) is 5. The summed E-state index contributed by atoms with van der Waals surface area (Å²) in [5, 5.41) is 12.5. The Morgan fingerprint density at radius 3 is 2.69 bits per heavy atom. The molecule has 9 nitrogen and oxygen atoms in total. The molecule has 0 spiro atoms. The van der Waals surface area contributed by atoms with Crippen LogP contribution in [0.4, 0.5) is 4.79 Å². The molecular formula is C25H26N6O3S. The summed E-state index contributed by atoms with van der Waals surface area (Å²) in [4.78, 5) is 42.3. The van der Waals surface area contributed by atoms with E-state index in [0.717, 1.165) is 39.9 Å². The zero-order valence-corrected chi connectivity index (χ0v) is 20.6. The highest BCUT2D eigenvalue weighted by Gasteiger charge is 2.16. The van der Waals surface area contributed by atoms with E-state index in [1.54, 1.807) is 23.2 Å². The molecule has 3 heterocycles. The van der Waals surface area contributed by atoms with Crippen molar-refractivity contribution < 1.29 is 9.90 Å². The third-order valence-corrected chi connectivity index (χ3v) is 6.21. The summed E-state index contributed by atoms with van der Waals surface area (Å²) in [5.41, 5.74) is 5.35. The van der Waals surface area contributed by atoms with Gasteiger partial charge in [-0.1, -0.05) is 30.8 Å². The van der Waals surface area contributed by atoms with E-state index in [4.69, 9.17) is 5.11 Å². The summed E-state index contributed by atoms with van der Waals surface area (Å²) < 4.78 is 1.62. The van der Waals surface area contributed by atoms with Crippen LogP contribution in [0.3, 0.4) is 0 Å². The number of hydrogen-bond acceptors (Lipinski definition) is 7. The second kappa shape index (κ2) is 10.6. The van der Waals surface area contributed by atoms with Crippen LogP contribution in [-0.2, 0) is 13.0 Å². The highest BCUT2D eigenvalue weighted by atomic mass is 32.2. The van der Waals surface area contributed by atoms with E-state index >= 15 is 0 Å². The smallest absolute Gasteiger partial charge is 0.404 e. The van der Waals surface area contributed by atoms with E-state index in [9.17, 15) is 9.59 Å². The number of carbonyl (C=O) groups is 1. The van der Waals surface area contributed by atoms with Crippen LogP contribution in [0.1, 0.15) is 24.6 Å². The van der Waals surface area contributed by atoms with Gasteiger partial charge in [-0.15, -0.1) is 0 Å². The third kappa shape index (κ3) is 5.32. The van der Waals surface area contributed by atoms with E-state index in [1.807, 2.05) is 31.4 Å². The fourth-order valence-electron chi connectivity index (χ4n) is 3.99. The van der Waals surface area contributed by atoms with E-state index in [2.05, 4.69) is 38.2 Å².